The molecule has 1 aromatic rings. The highest BCUT2D eigenvalue weighted by atomic mass is 79.9. The van der Waals surface area contributed by atoms with Crippen LogP contribution in [0, 0.1) is 5.82 Å². The van der Waals surface area contributed by atoms with Crippen LogP contribution in [-0.4, -0.2) is 19.7 Å². The van der Waals surface area contributed by atoms with Gasteiger partial charge in [0.25, 0.3) is 0 Å². The van der Waals surface area contributed by atoms with Gasteiger partial charge in [-0.3, -0.25) is 9.59 Å². The third-order valence-electron chi connectivity index (χ3n) is 1.69. The Bertz CT molecular complexity index is 390. The number of hydrogen-bond donors (Lipinski definition) is 0. The maximum absolute atomic E-state index is 13.3. The van der Waals surface area contributed by atoms with Gasteiger partial charge in [-0.05, 0) is 22.0 Å². The van der Waals surface area contributed by atoms with Crippen molar-refractivity contribution in [1.82, 2.24) is 0 Å². The number of hydrogen-bond acceptors (Lipinski definition) is 3. The van der Waals surface area contributed by atoms with E-state index in [1.807, 2.05) is 0 Å². The zero-order valence-corrected chi connectivity index (χ0v) is 8.80. The summed E-state index contributed by atoms with van der Waals surface area (Å²) in [4.78, 5) is 21.0. The maximum atomic E-state index is 13.3. The summed E-state index contributed by atoms with van der Waals surface area (Å²) in [6.45, 7) is 0. The molecule has 0 fully saturated rings. The second kappa shape index (κ2) is 4.32. The van der Waals surface area contributed by atoms with E-state index in [9.17, 15) is 14.0 Å². The summed E-state index contributed by atoms with van der Waals surface area (Å²) < 4.78 is 18.4. The van der Waals surface area contributed by atoms with E-state index < -0.39 is 5.82 Å². The number of methoxy groups -OCH3 is 1. The number of ether oxygens (including phenoxy) is 1. The Morgan fingerprint density at radius 3 is 2.50 bits per heavy atom. The van der Waals surface area contributed by atoms with Crippen molar-refractivity contribution in [3.63, 3.8) is 0 Å². The lowest BCUT2D eigenvalue weighted by Crippen LogP contribution is -1.99. The standard InChI is InChI=1S/C9H6BrFO3/c1-14-7-2-5(3-12)9(11)6(4-13)8(7)10/h2-4H,1H3. The number of carbonyl (C=O) groups excluding carboxylic acids is 2. The van der Waals surface area contributed by atoms with Crippen LogP contribution in [0.3, 0.4) is 0 Å². The highest BCUT2D eigenvalue weighted by Crippen LogP contribution is 2.31. The molecule has 5 heteroatoms. The minimum atomic E-state index is -0.845. The van der Waals surface area contributed by atoms with Crippen molar-refractivity contribution in [3.8, 4) is 5.75 Å². The third kappa shape index (κ3) is 1.68. The molecule has 0 saturated carbocycles. The molecule has 3 nitrogen and oxygen atoms in total. The van der Waals surface area contributed by atoms with Crippen LogP contribution in [0.5, 0.6) is 5.75 Å². The first-order valence-electron chi connectivity index (χ1n) is 3.62. The minimum absolute atomic E-state index is 0.202. The number of carbonyl (C=O) groups is 2. The highest BCUT2D eigenvalue weighted by molar-refractivity contribution is 9.10. The maximum Gasteiger partial charge on any atom is 0.154 e. The fourth-order valence-corrected chi connectivity index (χ4v) is 1.53. The van der Waals surface area contributed by atoms with E-state index in [1.54, 1.807) is 0 Å². The monoisotopic (exact) mass is 260 g/mol. The van der Waals surface area contributed by atoms with Crippen LogP contribution < -0.4 is 4.74 Å². The van der Waals surface area contributed by atoms with Gasteiger partial charge < -0.3 is 4.74 Å². The van der Waals surface area contributed by atoms with E-state index >= 15 is 0 Å². The molecule has 0 bridgehead atoms. The molecular weight excluding hydrogens is 255 g/mol. The molecule has 74 valence electrons. The first-order chi connectivity index (χ1) is 6.65. The van der Waals surface area contributed by atoms with E-state index in [4.69, 9.17) is 4.74 Å². The summed E-state index contributed by atoms with van der Waals surface area (Å²) in [5.41, 5.74) is -0.418. The zero-order chi connectivity index (χ0) is 10.7. The molecule has 0 N–H and O–H groups in total. The molecule has 0 aliphatic carbocycles. The quantitative estimate of drug-likeness (QED) is 0.783. The number of rotatable bonds is 3. The van der Waals surface area contributed by atoms with Gasteiger partial charge in [-0.15, -0.1) is 0 Å². The van der Waals surface area contributed by atoms with Crippen molar-refractivity contribution < 1.29 is 18.7 Å². The average Bonchev–Trinajstić information content (AvgIpc) is 2.19. The zero-order valence-electron chi connectivity index (χ0n) is 7.21. The Labute approximate surface area is 88.0 Å². The summed E-state index contributed by atoms with van der Waals surface area (Å²) in [7, 11) is 1.36. The van der Waals surface area contributed by atoms with E-state index in [0.717, 1.165) is 0 Å². The minimum Gasteiger partial charge on any atom is -0.496 e. The lowest BCUT2D eigenvalue weighted by atomic mass is 10.1. The topological polar surface area (TPSA) is 43.4 Å². The molecule has 0 unspecified atom stereocenters. The molecule has 0 aromatic heterocycles. The molecule has 0 amide bonds. The Morgan fingerprint density at radius 1 is 1.43 bits per heavy atom. The van der Waals surface area contributed by atoms with Gasteiger partial charge in [0.2, 0.25) is 0 Å². The molecule has 0 aliphatic heterocycles. The molecular formula is C9H6BrFO3. The number of aldehydes is 2. The van der Waals surface area contributed by atoms with Gasteiger partial charge in [0.1, 0.15) is 11.6 Å². The molecule has 0 atom stereocenters. The van der Waals surface area contributed by atoms with E-state index in [1.165, 1.54) is 13.2 Å². The van der Waals surface area contributed by atoms with Gasteiger partial charge in [-0.1, -0.05) is 0 Å². The smallest absolute Gasteiger partial charge is 0.154 e. The first kappa shape index (κ1) is 10.8. The van der Waals surface area contributed by atoms with Crippen LogP contribution in [0.1, 0.15) is 20.7 Å². The van der Waals surface area contributed by atoms with Crippen molar-refractivity contribution in [2.24, 2.45) is 0 Å². The highest BCUT2D eigenvalue weighted by Gasteiger charge is 2.16. The van der Waals surface area contributed by atoms with Gasteiger partial charge in [0.15, 0.2) is 12.6 Å². The Hall–Kier alpha value is -1.23. The lowest BCUT2D eigenvalue weighted by Gasteiger charge is -2.07. The Balaban J connectivity index is 3.54. The van der Waals surface area contributed by atoms with Crippen LogP contribution in [0.2, 0.25) is 0 Å². The molecule has 0 radical (unpaired) electrons. The molecule has 0 heterocycles. The van der Waals surface area contributed by atoms with Crippen molar-refractivity contribution >= 4 is 28.5 Å². The van der Waals surface area contributed by atoms with Crippen molar-refractivity contribution in [2.45, 2.75) is 0 Å². The summed E-state index contributed by atoms with van der Waals surface area (Å²) >= 11 is 3.00. The van der Waals surface area contributed by atoms with Gasteiger partial charge >= 0.3 is 0 Å². The SMILES string of the molecule is COc1cc(C=O)c(F)c(C=O)c1Br. The van der Waals surface area contributed by atoms with Crippen molar-refractivity contribution in [2.75, 3.05) is 7.11 Å². The second-order valence-corrected chi connectivity index (χ2v) is 3.24. The predicted molar refractivity (Wildman–Crippen MR) is 51.4 cm³/mol. The molecule has 0 aliphatic rings. The Kier molecular flexibility index (Phi) is 3.35. The molecule has 0 spiro atoms. The van der Waals surface area contributed by atoms with Crippen molar-refractivity contribution in [3.05, 3.63) is 27.5 Å². The van der Waals surface area contributed by atoms with Gasteiger partial charge in [-0.2, -0.15) is 0 Å². The fraction of sp³-hybridized carbons (Fsp3) is 0.111. The summed E-state index contributed by atoms with van der Waals surface area (Å²) in [6, 6.07) is 1.22. The summed E-state index contributed by atoms with van der Waals surface area (Å²) in [5.74, 6) is -0.599. The summed E-state index contributed by atoms with van der Waals surface area (Å²) in [6.07, 6.45) is 0.659. The van der Waals surface area contributed by atoms with E-state index in [2.05, 4.69) is 15.9 Å². The first-order valence-corrected chi connectivity index (χ1v) is 4.41. The van der Waals surface area contributed by atoms with Crippen molar-refractivity contribution in [1.29, 1.82) is 0 Å². The summed E-state index contributed by atoms with van der Waals surface area (Å²) in [5, 5.41) is 0. The van der Waals surface area contributed by atoms with Crippen LogP contribution >= 0.6 is 15.9 Å². The number of benzene rings is 1. The predicted octanol–water partition coefficient (Wildman–Crippen LogP) is 2.22. The van der Waals surface area contributed by atoms with E-state index in [-0.39, 0.29) is 21.3 Å². The van der Waals surface area contributed by atoms with Gasteiger partial charge in [0, 0.05) is 0 Å². The van der Waals surface area contributed by atoms with Gasteiger partial charge in [-0.25, -0.2) is 4.39 Å². The molecule has 14 heavy (non-hydrogen) atoms. The molecule has 1 rings (SSSR count). The second-order valence-electron chi connectivity index (χ2n) is 2.45. The van der Waals surface area contributed by atoms with Crippen LogP contribution in [-0.2, 0) is 0 Å². The average molecular weight is 261 g/mol. The third-order valence-corrected chi connectivity index (χ3v) is 2.51. The normalized spacial score (nSPS) is 9.64. The van der Waals surface area contributed by atoms with Crippen LogP contribution in [0.15, 0.2) is 10.5 Å². The van der Waals surface area contributed by atoms with Crippen LogP contribution in [0.4, 0.5) is 4.39 Å². The Morgan fingerprint density at radius 2 is 2.07 bits per heavy atom. The lowest BCUT2D eigenvalue weighted by molar-refractivity contribution is 0.111. The number of halogens is 2. The molecule has 1 aromatic carbocycles. The fourth-order valence-electron chi connectivity index (χ4n) is 0.990. The van der Waals surface area contributed by atoms with Gasteiger partial charge in [0.05, 0.1) is 22.7 Å². The van der Waals surface area contributed by atoms with E-state index in [0.29, 0.717) is 12.6 Å². The van der Waals surface area contributed by atoms with Crippen LogP contribution in [0.25, 0.3) is 0 Å². The molecule has 0 saturated heterocycles. The largest absolute Gasteiger partial charge is 0.496 e.